The molecule has 1 aromatic heterocycles. The number of hydrogen-bond acceptors (Lipinski definition) is 5. The summed E-state index contributed by atoms with van der Waals surface area (Å²) in [7, 11) is -3.30. The maximum Gasteiger partial charge on any atom is 0.175 e. The first kappa shape index (κ1) is 14.9. The number of rotatable bonds is 5. The topological polar surface area (TPSA) is 72.0 Å². The molecule has 0 saturated carbocycles. The molecule has 0 aliphatic heterocycles. The van der Waals surface area contributed by atoms with Crippen LogP contribution in [0.2, 0.25) is 5.02 Å². The lowest BCUT2D eigenvalue weighted by Crippen LogP contribution is -2.16. The second-order valence-corrected chi connectivity index (χ2v) is 6.70. The lowest BCUT2D eigenvalue weighted by Gasteiger charge is -2.11. The van der Waals surface area contributed by atoms with E-state index in [1.165, 1.54) is 6.26 Å². The van der Waals surface area contributed by atoms with Gasteiger partial charge in [0.25, 0.3) is 0 Å². The van der Waals surface area contributed by atoms with Crippen molar-refractivity contribution in [2.75, 3.05) is 6.26 Å². The van der Waals surface area contributed by atoms with Crippen molar-refractivity contribution in [3.63, 3.8) is 0 Å². The Labute approximate surface area is 122 Å². The molecular weight excluding hydrogens is 298 g/mol. The summed E-state index contributed by atoms with van der Waals surface area (Å²) in [6.07, 6.45) is 2.77. The largest absolute Gasteiger partial charge is 0.307 e. The summed E-state index contributed by atoms with van der Waals surface area (Å²) < 4.78 is 23.5. The van der Waals surface area contributed by atoms with Crippen molar-refractivity contribution >= 4 is 21.4 Å². The van der Waals surface area contributed by atoms with E-state index in [-0.39, 0.29) is 4.90 Å². The van der Waals surface area contributed by atoms with Gasteiger partial charge in [-0.25, -0.2) is 8.42 Å². The minimum atomic E-state index is -3.30. The van der Waals surface area contributed by atoms with Crippen LogP contribution in [0.5, 0.6) is 0 Å². The third-order valence-corrected chi connectivity index (χ3v) is 4.25. The normalized spacial score (nSPS) is 11.5. The van der Waals surface area contributed by atoms with Gasteiger partial charge in [0.2, 0.25) is 0 Å². The van der Waals surface area contributed by atoms with Gasteiger partial charge in [0.1, 0.15) is 0 Å². The van der Waals surface area contributed by atoms with Gasteiger partial charge in [0, 0.05) is 36.1 Å². The van der Waals surface area contributed by atoms with Crippen LogP contribution in [-0.2, 0) is 22.9 Å². The number of halogens is 1. The Hall–Kier alpha value is -1.50. The summed E-state index contributed by atoms with van der Waals surface area (Å²) in [5, 5.41) is 11.3. The molecule has 0 fully saturated rings. The summed E-state index contributed by atoms with van der Waals surface area (Å²) in [5.41, 5.74) is 1.35. The van der Waals surface area contributed by atoms with Gasteiger partial charge in [0.05, 0.1) is 10.6 Å². The van der Waals surface area contributed by atoms with Gasteiger partial charge in [-0.2, -0.15) is 10.2 Å². The van der Waals surface area contributed by atoms with Crippen molar-refractivity contribution in [3.8, 4) is 0 Å². The molecule has 2 rings (SSSR count). The van der Waals surface area contributed by atoms with Crippen molar-refractivity contribution in [3.05, 3.63) is 52.8 Å². The quantitative estimate of drug-likeness (QED) is 0.912. The van der Waals surface area contributed by atoms with Crippen LogP contribution in [0.15, 0.2) is 41.4 Å². The molecule has 0 amide bonds. The molecule has 1 aromatic carbocycles. The fraction of sp³-hybridized carbons (Fsp3) is 0.231. The van der Waals surface area contributed by atoms with Gasteiger partial charge in [0.15, 0.2) is 9.84 Å². The van der Waals surface area contributed by atoms with Crippen LogP contribution in [0, 0.1) is 0 Å². The Morgan fingerprint density at radius 3 is 2.65 bits per heavy atom. The van der Waals surface area contributed by atoms with E-state index in [1.807, 2.05) is 6.07 Å². The number of nitrogens with one attached hydrogen (secondary N) is 1. The van der Waals surface area contributed by atoms with Gasteiger partial charge in [-0.05, 0) is 24.3 Å². The number of sulfone groups is 1. The molecule has 106 valence electrons. The maximum absolute atomic E-state index is 11.7. The van der Waals surface area contributed by atoms with Gasteiger partial charge >= 0.3 is 0 Å². The van der Waals surface area contributed by atoms with Crippen molar-refractivity contribution in [1.82, 2.24) is 15.5 Å². The summed E-state index contributed by atoms with van der Waals surface area (Å²) >= 11 is 6.08. The Morgan fingerprint density at radius 1 is 1.20 bits per heavy atom. The van der Waals surface area contributed by atoms with Gasteiger partial charge < -0.3 is 5.32 Å². The molecule has 0 atom stereocenters. The van der Waals surface area contributed by atoms with Crippen LogP contribution in [-0.4, -0.2) is 24.9 Å². The van der Waals surface area contributed by atoms with Crippen LogP contribution in [0.1, 0.15) is 11.3 Å². The molecule has 5 nitrogen and oxygen atoms in total. The van der Waals surface area contributed by atoms with Crippen LogP contribution >= 0.6 is 11.6 Å². The first-order valence-corrected chi connectivity index (χ1v) is 8.20. The third kappa shape index (κ3) is 3.75. The Kier molecular flexibility index (Phi) is 4.69. The Morgan fingerprint density at radius 2 is 2.00 bits per heavy atom. The molecule has 0 unspecified atom stereocenters. The van der Waals surface area contributed by atoms with E-state index in [2.05, 4.69) is 15.5 Å². The number of hydrogen-bond donors (Lipinski definition) is 1. The SMILES string of the molecule is CS(=O)(=O)c1cccc(Cl)c1CNCc1cccnn1. The molecule has 0 bridgehead atoms. The number of aromatic nitrogens is 2. The van der Waals surface area contributed by atoms with E-state index in [0.29, 0.717) is 23.7 Å². The van der Waals surface area contributed by atoms with Crippen molar-refractivity contribution in [2.24, 2.45) is 0 Å². The third-order valence-electron chi connectivity index (χ3n) is 2.71. The summed E-state index contributed by atoms with van der Waals surface area (Å²) in [6, 6.07) is 8.49. The predicted octanol–water partition coefficient (Wildman–Crippen LogP) is 1.82. The molecule has 2 aromatic rings. The average Bonchev–Trinajstić information content (AvgIpc) is 2.40. The summed E-state index contributed by atoms with van der Waals surface area (Å²) in [4.78, 5) is 0.247. The van der Waals surface area contributed by atoms with Crippen LogP contribution < -0.4 is 5.32 Å². The van der Waals surface area contributed by atoms with Crippen molar-refractivity contribution in [1.29, 1.82) is 0 Å². The maximum atomic E-state index is 11.7. The zero-order valence-corrected chi connectivity index (χ0v) is 12.4. The van der Waals surface area contributed by atoms with Gasteiger partial charge in [-0.3, -0.25) is 0 Å². The van der Waals surface area contributed by atoms with E-state index in [0.717, 1.165) is 5.69 Å². The van der Waals surface area contributed by atoms with Crippen molar-refractivity contribution in [2.45, 2.75) is 18.0 Å². The highest BCUT2D eigenvalue weighted by Gasteiger charge is 2.15. The molecule has 0 aliphatic carbocycles. The van der Waals surface area contributed by atoms with Gasteiger partial charge in [-0.1, -0.05) is 17.7 Å². The monoisotopic (exact) mass is 311 g/mol. The Balaban J connectivity index is 2.14. The molecule has 1 heterocycles. The molecule has 0 radical (unpaired) electrons. The fourth-order valence-electron chi connectivity index (χ4n) is 1.80. The predicted molar refractivity (Wildman–Crippen MR) is 77.1 cm³/mol. The van der Waals surface area contributed by atoms with E-state index >= 15 is 0 Å². The molecule has 0 aliphatic rings. The van der Waals surface area contributed by atoms with Crippen LogP contribution in [0.25, 0.3) is 0 Å². The highest BCUT2D eigenvalue weighted by Crippen LogP contribution is 2.23. The lowest BCUT2D eigenvalue weighted by molar-refractivity contribution is 0.598. The minimum Gasteiger partial charge on any atom is -0.307 e. The van der Waals surface area contributed by atoms with Gasteiger partial charge in [-0.15, -0.1) is 0 Å². The molecule has 0 spiro atoms. The van der Waals surface area contributed by atoms with Crippen LogP contribution in [0.4, 0.5) is 0 Å². The Bertz CT molecular complexity index is 690. The molecule has 20 heavy (non-hydrogen) atoms. The fourth-order valence-corrected chi connectivity index (χ4v) is 3.05. The molecule has 1 N–H and O–H groups in total. The number of benzene rings is 1. The second-order valence-electron chi connectivity index (χ2n) is 4.31. The second kappa shape index (κ2) is 6.30. The van der Waals surface area contributed by atoms with E-state index in [4.69, 9.17) is 11.6 Å². The van der Waals surface area contributed by atoms with E-state index < -0.39 is 9.84 Å². The number of nitrogens with zero attached hydrogens (tertiary/aromatic N) is 2. The van der Waals surface area contributed by atoms with E-state index in [9.17, 15) is 8.42 Å². The first-order valence-electron chi connectivity index (χ1n) is 5.93. The standard InChI is InChI=1S/C13H14ClN3O2S/c1-20(18,19)13-6-2-5-12(14)11(13)9-15-8-10-4-3-7-16-17-10/h2-7,15H,8-9H2,1H3. The molecule has 0 saturated heterocycles. The summed E-state index contributed by atoms with van der Waals surface area (Å²) in [6.45, 7) is 0.834. The summed E-state index contributed by atoms with van der Waals surface area (Å²) in [5.74, 6) is 0. The zero-order valence-electron chi connectivity index (χ0n) is 10.9. The minimum absolute atomic E-state index is 0.247. The van der Waals surface area contributed by atoms with Crippen LogP contribution in [0.3, 0.4) is 0 Å². The zero-order chi connectivity index (χ0) is 14.6. The smallest absolute Gasteiger partial charge is 0.175 e. The highest BCUT2D eigenvalue weighted by molar-refractivity contribution is 7.90. The highest BCUT2D eigenvalue weighted by atomic mass is 35.5. The molecular formula is C13H14ClN3O2S. The molecule has 7 heteroatoms. The average molecular weight is 312 g/mol. The first-order chi connectivity index (χ1) is 9.48. The van der Waals surface area contributed by atoms with Crippen molar-refractivity contribution < 1.29 is 8.42 Å². The van der Waals surface area contributed by atoms with E-state index in [1.54, 1.807) is 30.5 Å². The lowest BCUT2D eigenvalue weighted by atomic mass is 10.2.